The number of halogens is 1. The van der Waals surface area contributed by atoms with Gasteiger partial charge in [0.15, 0.2) is 0 Å². The Bertz CT molecular complexity index is 416. The zero-order valence-corrected chi connectivity index (χ0v) is 13.1. The van der Waals surface area contributed by atoms with Crippen LogP contribution >= 0.6 is 11.6 Å². The molecule has 2 rings (SSSR count). The van der Waals surface area contributed by atoms with E-state index in [-0.39, 0.29) is 0 Å². The second-order valence-corrected chi connectivity index (χ2v) is 6.30. The molecule has 0 spiro atoms. The fourth-order valence-corrected chi connectivity index (χ4v) is 3.80. The minimum Gasteiger partial charge on any atom is -0.313 e. The highest BCUT2D eigenvalue weighted by Gasteiger charge is 2.30. The van der Waals surface area contributed by atoms with Crippen LogP contribution in [0.15, 0.2) is 18.2 Å². The van der Waals surface area contributed by atoms with E-state index in [4.69, 9.17) is 11.6 Å². The highest BCUT2D eigenvalue weighted by Crippen LogP contribution is 2.40. The van der Waals surface area contributed by atoms with E-state index < -0.39 is 0 Å². The smallest absolute Gasteiger partial charge is 0.0438 e. The van der Waals surface area contributed by atoms with Crippen molar-refractivity contribution in [3.63, 3.8) is 0 Å². The van der Waals surface area contributed by atoms with E-state index in [0.717, 1.165) is 22.4 Å². The van der Waals surface area contributed by atoms with Gasteiger partial charge >= 0.3 is 0 Å². The number of rotatable bonds is 4. The average Bonchev–Trinajstić information content (AvgIpc) is 2.44. The molecule has 1 saturated carbocycles. The molecule has 1 aromatic rings. The molecule has 1 aliphatic rings. The normalized spacial score (nSPS) is 25.3. The van der Waals surface area contributed by atoms with E-state index in [0.29, 0.717) is 6.04 Å². The summed E-state index contributed by atoms with van der Waals surface area (Å²) < 4.78 is 0. The van der Waals surface area contributed by atoms with Gasteiger partial charge in [0.25, 0.3) is 0 Å². The minimum atomic E-state index is 0.448. The summed E-state index contributed by atoms with van der Waals surface area (Å²) in [4.78, 5) is 0. The van der Waals surface area contributed by atoms with Crippen LogP contribution in [0.1, 0.15) is 56.2 Å². The molecular formula is C17H26ClN. The van der Waals surface area contributed by atoms with Gasteiger partial charge in [-0.15, -0.1) is 0 Å². The second-order valence-electron chi connectivity index (χ2n) is 5.89. The Kier molecular flexibility index (Phi) is 5.29. The average molecular weight is 280 g/mol. The first-order chi connectivity index (χ1) is 9.17. The van der Waals surface area contributed by atoms with Crippen LogP contribution < -0.4 is 5.32 Å². The molecule has 1 aromatic carbocycles. The zero-order chi connectivity index (χ0) is 13.8. The molecule has 1 fully saturated rings. The molecule has 0 aliphatic heterocycles. The summed E-state index contributed by atoms with van der Waals surface area (Å²) in [6.45, 7) is 4.40. The first kappa shape index (κ1) is 14.9. The minimum absolute atomic E-state index is 0.448. The zero-order valence-electron chi connectivity index (χ0n) is 12.4. The van der Waals surface area contributed by atoms with Crippen molar-refractivity contribution < 1.29 is 0 Å². The van der Waals surface area contributed by atoms with Crippen LogP contribution in [-0.4, -0.2) is 7.05 Å². The van der Waals surface area contributed by atoms with Gasteiger partial charge in [0.1, 0.15) is 0 Å². The fraction of sp³-hybridized carbons (Fsp3) is 0.647. The monoisotopic (exact) mass is 279 g/mol. The quantitative estimate of drug-likeness (QED) is 0.806. The van der Waals surface area contributed by atoms with Crippen molar-refractivity contribution in [3.8, 4) is 0 Å². The summed E-state index contributed by atoms with van der Waals surface area (Å²) in [5.41, 5.74) is 2.51. The molecule has 0 bridgehead atoms. The molecule has 19 heavy (non-hydrogen) atoms. The third-order valence-electron chi connectivity index (χ3n) is 4.79. The van der Waals surface area contributed by atoms with Crippen molar-refractivity contribution in [2.45, 2.75) is 52.0 Å². The molecule has 2 heteroatoms. The summed E-state index contributed by atoms with van der Waals surface area (Å²) in [6, 6.07) is 6.98. The molecule has 0 saturated heterocycles. The maximum absolute atomic E-state index is 6.30. The lowest BCUT2D eigenvalue weighted by Gasteiger charge is -2.37. The van der Waals surface area contributed by atoms with E-state index in [9.17, 15) is 0 Å². The predicted molar refractivity (Wildman–Crippen MR) is 83.7 cm³/mol. The molecule has 1 nitrogen and oxygen atoms in total. The summed E-state index contributed by atoms with van der Waals surface area (Å²) in [6.07, 6.45) is 6.80. The lowest BCUT2D eigenvalue weighted by molar-refractivity contribution is 0.180. The van der Waals surface area contributed by atoms with E-state index in [1.807, 2.05) is 0 Å². The van der Waals surface area contributed by atoms with Gasteiger partial charge in [-0.25, -0.2) is 0 Å². The van der Waals surface area contributed by atoms with Crippen molar-refractivity contribution in [2.75, 3.05) is 7.05 Å². The van der Waals surface area contributed by atoms with Gasteiger partial charge in [0.2, 0.25) is 0 Å². The summed E-state index contributed by atoms with van der Waals surface area (Å²) in [5, 5.41) is 4.43. The van der Waals surface area contributed by atoms with E-state index in [2.05, 4.69) is 44.4 Å². The standard InChI is InChI=1S/C17H26ClN/c1-4-13-7-5-6-8-15(13)17(19-3)14-10-9-12(2)16(18)11-14/h9-11,13,15,17,19H,4-8H2,1-3H3. The van der Waals surface area contributed by atoms with Gasteiger partial charge in [-0.1, -0.05) is 56.3 Å². The SMILES string of the molecule is CCC1CCCCC1C(NC)c1ccc(C)c(Cl)c1. The third-order valence-corrected chi connectivity index (χ3v) is 5.19. The number of hydrogen-bond donors (Lipinski definition) is 1. The Morgan fingerprint density at radius 1 is 1.32 bits per heavy atom. The van der Waals surface area contributed by atoms with Gasteiger partial charge in [-0.2, -0.15) is 0 Å². The molecule has 3 atom stereocenters. The first-order valence-electron chi connectivity index (χ1n) is 7.60. The van der Waals surface area contributed by atoms with E-state index in [1.54, 1.807) is 0 Å². The molecule has 0 heterocycles. The van der Waals surface area contributed by atoms with Gasteiger partial charge in [-0.3, -0.25) is 0 Å². The number of nitrogens with one attached hydrogen (secondary N) is 1. The van der Waals surface area contributed by atoms with Crippen molar-refractivity contribution in [1.29, 1.82) is 0 Å². The lowest BCUT2D eigenvalue weighted by atomic mass is 9.72. The fourth-order valence-electron chi connectivity index (χ4n) is 3.61. The van der Waals surface area contributed by atoms with E-state index in [1.165, 1.54) is 37.7 Å². The molecule has 0 amide bonds. The van der Waals surface area contributed by atoms with Crippen molar-refractivity contribution in [3.05, 3.63) is 34.3 Å². The molecule has 0 aromatic heterocycles. The highest BCUT2D eigenvalue weighted by molar-refractivity contribution is 6.31. The van der Waals surface area contributed by atoms with Crippen molar-refractivity contribution in [1.82, 2.24) is 5.32 Å². The van der Waals surface area contributed by atoms with E-state index >= 15 is 0 Å². The third kappa shape index (κ3) is 3.32. The Morgan fingerprint density at radius 2 is 2.05 bits per heavy atom. The van der Waals surface area contributed by atoms with Crippen LogP contribution in [0.4, 0.5) is 0 Å². The molecule has 0 radical (unpaired) electrons. The molecule has 1 N–H and O–H groups in total. The predicted octanol–water partition coefficient (Wildman–Crippen LogP) is 5.13. The lowest BCUT2D eigenvalue weighted by Crippen LogP contribution is -2.32. The maximum Gasteiger partial charge on any atom is 0.0438 e. The summed E-state index contributed by atoms with van der Waals surface area (Å²) >= 11 is 6.30. The Morgan fingerprint density at radius 3 is 2.68 bits per heavy atom. The van der Waals surface area contributed by atoms with Gasteiger partial charge in [-0.05, 0) is 49.4 Å². The van der Waals surface area contributed by atoms with Crippen LogP contribution in [0.3, 0.4) is 0 Å². The molecule has 1 aliphatic carbocycles. The Hall–Kier alpha value is -0.530. The van der Waals surface area contributed by atoms with Gasteiger partial charge in [0.05, 0.1) is 0 Å². The van der Waals surface area contributed by atoms with Crippen molar-refractivity contribution >= 4 is 11.6 Å². The van der Waals surface area contributed by atoms with Gasteiger partial charge < -0.3 is 5.32 Å². The number of benzene rings is 1. The number of aryl methyl sites for hydroxylation is 1. The maximum atomic E-state index is 6.30. The topological polar surface area (TPSA) is 12.0 Å². The molecule has 3 unspecified atom stereocenters. The number of hydrogen-bond acceptors (Lipinski definition) is 1. The molecule has 106 valence electrons. The first-order valence-corrected chi connectivity index (χ1v) is 7.98. The van der Waals surface area contributed by atoms with Crippen LogP contribution in [0.25, 0.3) is 0 Å². The van der Waals surface area contributed by atoms with Crippen LogP contribution in [0.5, 0.6) is 0 Å². The summed E-state index contributed by atoms with van der Waals surface area (Å²) in [7, 11) is 2.08. The Labute approximate surface area is 122 Å². The largest absolute Gasteiger partial charge is 0.313 e. The summed E-state index contributed by atoms with van der Waals surface area (Å²) in [5.74, 6) is 1.61. The van der Waals surface area contributed by atoms with Gasteiger partial charge in [0, 0.05) is 11.1 Å². The van der Waals surface area contributed by atoms with Crippen molar-refractivity contribution in [2.24, 2.45) is 11.8 Å². The Balaban J connectivity index is 2.24. The van der Waals surface area contributed by atoms with Crippen LogP contribution in [0.2, 0.25) is 5.02 Å². The van der Waals surface area contributed by atoms with Crippen LogP contribution in [-0.2, 0) is 0 Å². The molecular weight excluding hydrogens is 254 g/mol. The second kappa shape index (κ2) is 6.76. The highest BCUT2D eigenvalue weighted by atomic mass is 35.5. The van der Waals surface area contributed by atoms with Crippen LogP contribution in [0, 0.1) is 18.8 Å².